The maximum absolute atomic E-state index is 14.2. The summed E-state index contributed by atoms with van der Waals surface area (Å²) in [5.74, 6) is -1.31. The summed E-state index contributed by atoms with van der Waals surface area (Å²) in [6, 6.07) is 24.8. The van der Waals surface area contributed by atoms with Gasteiger partial charge in [0.15, 0.2) is 0 Å². The van der Waals surface area contributed by atoms with Crippen molar-refractivity contribution in [3.63, 3.8) is 0 Å². The first-order valence-corrected chi connectivity index (χ1v) is 16.3. The van der Waals surface area contributed by atoms with Crippen molar-refractivity contribution in [2.45, 2.75) is 56.0 Å². The first kappa shape index (κ1) is 33.8. The number of aliphatic hydroxyl groups is 1. The van der Waals surface area contributed by atoms with Crippen molar-refractivity contribution in [3.05, 3.63) is 119 Å². The molecular formula is C38H38F5N3O2. The van der Waals surface area contributed by atoms with E-state index >= 15 is 0 Å². The molecule has 1 saturated heterocycles. The Morgan fingerprint density at radius 1 is 0.833 bits per heavy atom. The predicted octanol–water partition coefficient (Wildman–Crippen LogP) is 7.43. The molecule has 1 aliphatic heterocycles. The molecule has 1 amide bonds. The Kier molecular flexibility index (Phi) is 9.96. The van der Waals surface area contributed by atoms with Crippen LogP contribution in [0.1, 0.15) is 53.6 Å². The Hall–Kier alpha value is -4.12. The average molecular weight is 664 g/mol. The molecule has 252 valence electrons. The molecule has 0 aromatic heterocycles. The van der Waals surface area contributed by atoms with Crippen LogP contribution >= 0.6 is 0 Å². The number of carbonyl (C=O) groups excluding carboxylic acids is 1. The van der Waals surface area contributed by atoms with Crippen LogP contribution in [0.3, 0.4) is 0 Å². The number of amides is 1. The summed E-state index contributed by atoms with van der Waals surface area (Å²) in [7, 11) is 0. The Morgan fingerprint density at radius 2 is 1.44 bits per heavy atom. The van der Waals surface area contributed by atoms with Crippen LogP contribution in [-0.4, -0.2) is 60.5 Å². The first-order chi connectivity index (χ1) is 23.0. The molecule has 10 heteroatoms. The van der Waals surface area contributed by atoms with Crippen molar-refractivity contribution in [1.82, 2.24) is 15.5 Å². The Bertz CT molecular complexity index is 1690. The van der Waals surface area contributed by atoms with Crippen LogP contribution in [0.2, 0.25) is 0 Å². The van der Waals surface area contributed by atoms with Gasteiger partial charge in [-0.25, -0.2) is 8.78 Å². The van der Waals surface area contributed by atoms with Crippen LogP contribution in [0.4, 0.5) is 22.0 Å². The highest BCUT2D eigenvalue weighted by molar-refractivity contribution is 6.01. The number of hydrogen-bond acceptors (Lipinski definition) is 4. The highest BCUT2D eigenvalue weighted by Crippen LogP contribution is 2.52. The number of alkyl halides is 3. The van der Waals surface area contributed by atoms with Gasteiger partial charge in [-0.05, 0) is 89.9 Å². The number of hydrogen-bond donors (Lipinski definition) is 3. The number of benzene rings is 4. The molecule has 1 aliphatic carbocycles. The van der Waals surface area contributed by atoms with Gasteiger partial charge in [-0.2, -0.15) is 13.2 Å². The quantitative estimate of drug-likeness (QED) is 0.0888. The monoisotopic (exact) mass is 663 g/mol. The van der Waals surface area contributed by atoms with Crippen molar-refractivity contribution in [2.24, 2.45) is 0 Å². The first-order valence-electron chi connectivity index (χ1n) is 16.3. The zero-order valence-corrected chi connectivity index (χ0v) is 26.4. The number of nitrogens with one attached hydrogen (secondary N) is 2. The minimum atomic E-state index is -4.46. The molecule has 1 fully saturated rings. The number of piperidine rings is 1. The van der Waals surface area contributed by atoms with Gasteiger partial charge in [0.25, 0.3) is 5.91 Å². The number of fused-ring (bicyclic) bond motifs is 3. The molecule has 6 rings (SSSR count). The Balaban J connectivity index is 1.06. The second-order valence-corrected chi connectivity index (χ2v) is 12.7. The molecular weight excluding hydrogens is 625 g/mol. The minimum Gasteiger partial charge on any atom is -0.377 e. The van der Waals surface area contributed by atoms with E-state index in [9.17, 15) is 31.9 Å². The Labute approximate surface area is 276 Å². The van der Waals surface area contributed by atoms with Crippen LogP contribution in [0.15, 0.2) is 91.0 Å². The van der Waals surface area contributed by atoms with Crippen LogP contribution in [0.25, 0.3) is 22.3 Å². The lowest BCUT2D eigenvalue weighted by atomic mass is 9.72. The molecule has 3 N–H and O–H groups in total. The number of halogens is 5. The summed E-state index contributed by atoms with van der Waals surface area (Å²) in [6.07, 6.45) is -2.58. The SMILES string of the molecule is O=C(NC1CCN(CCCCC2(C(O)NCC(F)(F)F)c3ccccc3-c3ccccc32)CC1)c1cc(F)ccc1-c1ccc(F)cc1. The molecule has 0 saturated carbocycles. The fraction of sp³-hybridized carbons (Fsp3) is 0.342. The van der Waals surface area contributed by atoms with E-state index in [1.807, 2.05) is 48.5 Å². The molecule has 4 aromatic rings. The van der Waals surface area contributed by atoms with E-state index in [-0.39, 0.29) is 17.5 Å². The van der Waals surface area contributed by atoms with Gasteiger partial charge in [-0.3, -0.25) is 10.1 Å². The summed E-state index contributed by atoms with van der Waals surface area (Å²) in [5, 5.41) is 16.8. The molecule has 5 nitrogen and oxygen atoms in total. The molecule has 48 heavy (non-hydrogen) atoms. The molecule has 0 spiro atoms. The fourth-order valence-corrected chi connectivity index (χ4v) is 7.34. The molecule has 1 unspecified atom stereocenters. The van der Waals surface area contributed by atoms with Crippen LogP contribution < -0.4 is 10.6 Å². The van der Waals surface area contributed by atoms with Gasteiger partial charge < -0.3 is 15.3 Å². The lowest BCUT2D eigenvalue weighted by Gasteiger charge is -2.38. The van der Waals surface area contributed by atoms with E-state index in [0.29, 0.717) is 36.8 Å². The standard InChI is InChI=1S/C38H38F5N3O2/c39-26-13-11-25(12-14-26)29-16-15-27(40)23-32(29)35(47)45-28-17-21-46(22-18-28)20-6-5-19-37(36(48)44-24-38(41,42)43)33-9-3-1-7-30(33)31-8-2-4-10-34(31)37/h1-4,7-16,23,28,36,44,48H,5-6,17-22,24H2,(H,45,47). The van der Waals surface area contributed by atoms with Gasteiger partial charge in [-0.15, -0.1) is 0 Å². The topological polar surface area (TPSA) is 64.6 Å². The molecule has 1 heterocycles. The Morgan fingerprint density at radius 3 is 2.06 bits per heavy atom. The number of aliphatic hydroxyl groups excluding tert-OH is 1. The van der Waals surface area contributed by atoms with E-state index in [1.165, 1.54) is 30.3 Å². The van der Waals surface area contributed by atoms with E-state index in [0.717, 1.165) is 48.3 Å². The summed E-state index contributed by atoms with van der Waals surface area (Å²) in [5.41, 5.74) is 3.80. The zero-order valence-electron chi connectivity index (χ0n) is 26.4. The predicted molar refractivity (Wildman–Crippen MR) is 175 cm³/mol. The maximum Gasteiger partial charge on any atom is 0.401 e. The smallest absolute Gasteiger partial charge is 0.377 e. The minimum absolute atomic E-state index is 0.0947. The van der Waals surface area contributed by atoms with Crippen molar-refractivity contribution in [1.29, 1.82) is 0 Å². The number of carbonyl (C=O) groups is 1. The van der Waals surface area contributed by atoms with Gasteiger partial charge >= 0.3 is 6.18 Å². The van der Waals surface area contributed by atoms with E-state index in [1.54, 1.807) is 12.1 Å². The highest BCUT2D eigenvalue weighted by atomic mass is 19.4. The van der Waals surface area contributed by atoms with Gasteiger partial charge in [0, 0.05) is 19.1 Å². The van der Waals surface area contributed by atoms with Gasteiger partial charge in [0.2, 0.25) is 0 Å². The highest BCUT2D eigenvalue weighted by Gasteiger charge is 2.48. The lowest BCUT2D eigenvalue weighted by Crippen LogP contribution is -2.51. The third kappa shape index (κ3) is 7.16. The second kappa shape index (κ2) is 14.2. The van der Waals surface area contributed by atoms with Crippen molar-refractivity contribution >= 4 is 5.91 Å². The average Bonchev–Trinajstić information content (AvgIpc) is 3.37. The second-order valence-electron chi connectivity index (χ2n) is 12.7. The summed E-state index contributed by atoms with van der Waals surface area (Å²) in [6.45, 7) is 0.959. The lowest BCUT2D eigenvalue weighted by molar-refractivity contribution is -0.133. The van der Waals surface area contributed by atoms with Crippen molar-refractivity contribution in [3.8, 4) is 22.3 Å². The summed E-state index contributed by atoms with van der Waals surface area (Å²) >= 11 is 0. The largest absolute Gasteiger partial charge is 0.401 e. The van der Waals surface area contributed by atoms with Gasteiger partial charge in [-0.1, -0.05) is 73.2 Å². The fourth-order valence-electron chi connectivity index (χ4n) is 7.34. The van der Waals surface area contributed by atoms with Crippen LogP contribution in [0, 0.1) is 11.6 Å². The number of rotatable bonds is 11. The third-order valence-electron chi connectivity index (χ3n) is 9.67. The van der Waals surface area contributed by atoms with Crippen LogP contribution in [-0.2, 0) is 5.41 Å². The molecule has 0 bridgehead atoms. The van der Waals surface area contributed by atoms with E-state index in [4.69, 9.17) is 0 Å². The van der Waals surface area contributed by atoms with Crippen molar-refractivity contribution < 1.29 is 31.9 Å². The van der Waals surface area contributed by atoms with Gasteiger partial charge in [0.1, 0.15) is 17.9 Å². The number of nitrogens with zero attached hydrogens (tertiary/aromatic N) is 1. The van der Waals surface area contributed by atoms with Crippen molar-refractivity contribution in [2.75, 3.05) is 26.2 Å². The molecule has 1 atom stereocenters. The van der Waals surface area contributed by atoms with E-state index in [2.05, 4.69) is 15.5 Å². The molecule has 4 aromatic carbocycles. The molecule has 2 aliphatic rings. The van der Waals surface area contributed by atoms with E-state index < -0.39 is 36.0 Å². The summed E-state index contributed by atoms with van der Waals surface area (Å²) < 4.78 is 67.2. The van der Waals surface area contributed by atoms with Gasteiger partial charge in [0.05, 0.1) is 17.5 Å². The normalized spacial score (nSPS) is 16.7. The third-order valence-corrected chi connectivity index (χ3v) is 9.67. The molecule has 0 radical (unpaired) electrons. The maximum atomic E-state index is 14.2. The zero-order chi connectivity index (χ0) is 33.9. The number of likely N-dealkylation sites (tertiary alicyclic amines) is 1. The van der Waals surface area contributed by atoms with Crippen LogP contribution in [0.5, 0.6) is 0 Å². The number of unbranched alkanes of at least 4 members (excludes halogenated alkanes) is 1. The summed E-state index contributed by atoms with van der Waals surface area (Å²) in [4.78, 5) is 15.6.